The highest BCUT2D eigenvalue weighted by Crippen LogP contribution is 2.58. The van der Waals surface area contributed by atoms with Crippen molar-refractivity contribution in [1.82, 2.24) is 0 Å². The lowest BCUT2D eigenvalue weighted by molar-refractivity contribution is -0.126. The van der Waals surface area contributed by atoms with Crippen LogP contribution in [0.4, 0.5) is 16.2 Å². The van der Waals surface area contributed by atoms with Gasteiger partial charge in [0, 0.05) is 11.3 Å². The molecule has 1 spiro atoms. The third-order valence-corrected chi connectivity index (χ3v) is 6.40. The van der Waals surface area contributed by atoms with Crippen molar-refractivity contribution in [2.45, 2.75) is 65.2 Å². The Labute approximate surface area is 206 Å². The van der Waals surface area contributed by atoms with E-state index in [1.54, 1.807) is 30.2 Å². The zero-order valence-corrected chi connectivity index (χ0v) is 21.5. The van der Waals surface area contributed by atoms with Crippen LogP contribution in [0, 0.1) is 5.41 Å². The van der Waals surface area contributed by atoms with Crippen molar-refractivity contribution >= 4 is 23.4 Å². The normalized spacial score (nSPS) is 21.7. The number of hydrogen-bond donors (Lipinski definition) is 1. The van der Waals surface area contributed by atoms with E-state index in [9.17, 15) is 14.7 Å². The minimum Gasteiger partial charge on any atom is -0.497 e. The van der Waals surface area contributed by atoms with E-state index in [1.165, 1.54) is 4.90 Å². The molecular weight excluding hydrogens is 444 g/mol. The first-order valence-corrected chi connectivity index (χ1v) is 11.8. The van der Waals surface area contributed by atoms with Crippen molar-refractivity contribution in [2.75, 3.05) is 16.9 Å². The zero-order valence-electron chi connectivity index (χ0n) is 21.5. The molecule has 4 rings (SSSR count). The number of aliphatic hydroxyl groups is 1. The molecule has 7 heteroatoms. The number of anilines is 2. The summed E-state index contributed by atoms with van der Waals surface area (Å²) >= 11 is 0. The lowest BCUT2D eigenvalue weighted by Gasteiger charge is -2.51. The Bertz CT molecular complexity index is 1170. The summed E-state index contributed by atoms with van der Waals surface area (Å²) in [6.07, 6.45) is 0.440. The standard InChI is InChI=1S/C28H34N2O5/c1-26(2,3)23(31)16-22-28(17-24(32)30(28)18-12-14-19(34-7)15-13-18)20-10-8-9-11-21(20)29(22)25(33)35-27(4,5)6/h8-16,23,31H,17H2,1-7H3/b22-16-. The predicted molar refractivity (Wildman–Crippen MR) is 135 cm³/mol. The van der Waals surface area contributed by atoms with Crippen LogP contribution in [-0.2, 0) is 15.1 Å². The van der Waals surface area contributed by atoms with Gasteiger partial charge in [0.15, 0.2) is 0 Å². The molecule has 1 N–H and O–H groups in total. The Morgan fingerprint density at radius 1 is 1.06 bits per heavy atom. The number of amides is 2. The van der Waals surface area contributed by atoms with Gasteiger partial charge in [0.2, 0.25) is 5.91 Å². The van der Waals surface area contributed by atoms with Gasteiger partial charge in [-0.25, -0.2) is 9.69 Å². The highest BCUT2D eigenvalue weighted by atomic mass is 16.6. The summed E-state index contributed by atoms with van der Waals surface area (Å²) in [4.78, 5) is 29.9. The molecule has 1 fully saturated rings. The van der Waals surface area contributed by atoms with Gasteiger partial charge in [-0.3, -0.25) is 9.69 Å². The third-order valence-electron chi connectivity index (χ3n) is 6.40. The molecule has 35 heavy (non-hydrogen) atoms. The number of aliphatic hydroxyl groups excluding tert-OH is 1. The minimum atomic E-state index is -0.953. The number of rotatable bonds is 3. The lowest BCUT2D eigenvalue weighted by atomic mass is 9.75. The highest BCUT2D eigenvalue weighted by molar-refractivity contribution is 6.09. The zero-order chi connectivity index (χ0) is 25.8. The molecule has 2 aromatic carbocycles. The van der Waals surface area contributed by atoms with E-state index in [-0.39, 0.29) is 12.3 Å². The maximum absolute atomic E-state index is 13.6. The highest BCUT2D eigenvalue weighted by Gasteiger charge is 2.63. The number of nitrogens with zero attached hydrogens (tertiary/aromatic N) is 2. The topological polar surface area (TPSA) is 79.3 Å². The molecule has 186 valence electrons. The second-order valence-electron chi connectivity index (χ2n) is 11.2. The molecule has 2 heterocycles. The van der Waals surface area contributed by atoms with Crippen LogP contribution in [0.25, 0.3) is 0 Å². The molecule has 1 saturated heterocycles. The van der Waals surface area contributed by atoms with Gasteiger partial charge in [0.1, 0.15) is 16.9 Å². The van der Waals surface area contributed by atoms with Crippen LogP contribution in [0.15, 0.2) is 60.3 Å². The molecule has 2 aliphatic rings. The number of ether oxygens (including phenoxy) is 2. The summed E-state index contributed by atoms with van der Waals surface area (Å²) in [6, 6.07) is 14.8. The fourth-order valence-corrected chi connectivity index (χ4v) is 4.60. The van der Waals surface area contributed by atoms with Crippen molar-refractivity contribution in [3.63, 3.8) is 0 Å². The number of methoxy groups -OCH3 is 1. The SMILES string of the molecule is COc1ccc(N2C(=O)CC23/C(=C/C(O)C(C)(C)C)N(C(=O)OC(C)(C)C)c2ccccc23)cc1. The molecule has 0 aliphatic carbocycles. The first kappa shape index (κ1) is 24.8. The Morgan fingerprint density at radius 2 is 1.69 bits per heavy atom. The van der Waals surface area contributed by atoms with Crippen LogP contribution >= 0.6 is 0 Å². The van der Waals surface area contributed by atoms with Gasteiger partial charge in [0.25, 0.3) is 0 Å². The van der Waals surface area contributed by atoms with Gasteiger partial charge in [-0.05, 0) is 62.6 Å². The van der Waals surface area contributed by atoms with Crippen LogP contribution in [0.5, 0.6) is 5.75 Å². The second-order valence-corrected chi connectivity index (χ2v) is 11.2. The molecule has 0 radical (unpaired) electrons. The first-order chi connectivity index (χ1) is 16.3. The maximum Gasteiger partial charge on any atom is 0.419 e. The van der Waals surface area contributed by atoms with Crippen LogP contribution in [0.1, 0.15) is 53.5 Å². The Morgan fingerprint density at radius 3 is 2.23 bits per heavy atom. The number of carbonyl (C=O) groups is 2. The number of fused-ring (bicyclic) bond motifs is 2. The van der Waals surface area contributed by atoms with E-state index >= 15 is 0 Å². The molecule has 2 aliphatic heterocycles. The van der Waals surface area contributed by atoms with Crippen molar-refractivity contribution < 1.29 is 24.2 Å². The Kier molecular flexibility index (Phi) is 5.96. The summed E-state index contributed by atoms with van der Waals surface area (Å²) in [7, 11) is 1.59. The monoisotopic (exact) mass is 478 g/mol. The van der Waals surface area contributed by atoms with Gasteiger partial charge < -0.3 is 14.6 Å². The molecule has 0 saturated carbocycles. The van der Waals surface area contributed by atoms with Crippen molar-refractivity contribution in [2.24, 2.45) is 5.41 Å². The number of hydrogen-bond acceptors (Lipinski definition) is 5. The quantitative estimate of drug-likeness (QED) is 0.600. The van der Waals surface area contributed by atoms with Gasteiger partial charge in [0.05, 0.1) is 31.0 Å². The molecule has 2 aromatic rings. The molecule has 0 bridgehead atoms. The van der Waals surface area contributed by atoms with Gasteiger partial charge in [-0.2, -0.15) is 0 Å². The fraction of sp³-hybridized carbons (Fsp3) is 0.429. The average Bonchev–Trinajstić information content (AvgIpc) is 3.03. The van der Waals surface area contributed by atoms with Crippen LogP contribution in [0.2, 0.25) is 0 Å². The molecular formula is C28H34N2O5. The predicted octanol–water partition coefficient (Wildman–Crippen LogP) is 5.37. The molecule has 7 nitrogen and oxygen atoms in total. The lowest BCUT2D eigenvalue weighted by Crippen LogP contribution is -2.63. The van der Waals surface area contributed by atoms with Gasteiger partial charge >= 0.3 is 6.09 Å². The summed E-state index contributed by atoms with van der Waals surface area (Å²) in [5.74, 6) is 0.601. The summed E-state index contributed by atoms with van der Waals surface area (Å²) in [5.41, 5.74) is 0.492. The summed E-state index contributed by atoms with van der Waals surface area (Å²) < 4.78 is 11.1. The Hall–Kier alpha value is -3.32. The van der Waals surface area contributed by atoms with E-state index < -0.39 is 28.8 Å². The smallest absolute Gasteiger partial charge is 0.419 e. The first-order valence-electron chi connectivity index (χ1n) is 11.8. The number of benzene rings is 2. The fourth-order valence-electron chi connectivity index (χ4n) is 4.60. The van der Waals surface area contributed by atoms with E-state index in [1.807, 2.05) is 77.9 Å². The van der Waals surface area contributed by atoms with Crippen LogP contribution in [0.3, 0.4) is 0 Å². The third kappa shape index (κ3) is 4.18. The van der Waals surface area contributed by atoms with Crippen molar-refractivity contribution in [3.05, 3.63) is 65.9 Å². The van der Waals surface area contributed by atoms with Gasteiger partial charge in [-0.1, -0.05) is 39.0 Å². The summed E-state index contributed by atoms with van der Waals surface area (Å²) in [5, 5.41) is 11.1. The summed E-state index contributed by atoms with van der Waals surface area (Å²) in [6.45, 7) is 11.2. The number of carbonyl (C=O) groups excluding carboxylic acids is 2. The maximum atomic E-state index is 13.6. The molecule has 2 unspecified atom stereocenters. The molecule has 2 amide bonds. The molecule has 0 aromatic heterocycles. The second kappa shape index (κ2) is 8.41. The number of β-lactam (4-membered cyclic amide) rings is 1. The van der Waals surface area contributed by atoms with Gasteiger partial charge in [-0.15, -0.1) is 0 Å². The average molecular weight is 479 g/mol. The van der Waals surface area contributed by atoms with Crippen molar-refractivity contribution in [1.29, 1.82) is 0 Å². The van der Waals surface area contributed by atoms with E-state index in [2.05, 4.69) is 0 Å². The minimum absolute atomic E-state index is 0.0767. The van der Waals surface area contributed by atoms with E-state index in [0.29, 0.717) is 22.8 Å². The van der Waals surface area contributed by atoms with E-state index in [0.717, 1.165) is 5.56 Å². The van der Waals surface area contributed by atoms with Crippen LogP contribution < -0.4 is 14.5 Å². The number of para-hydroxylation sites is 1. The van der Waals surface area contributed by atoms with E-state index in [4.69, 9.17) is 9.47 Å². The largest absolute Gasteiger partial charge is 0.497 e. The van der Waals surface area contributed by atoms with Crippen molar-refractivity contribution in [3.8, 4) is 5.75 Å². The van der Waals surface area contributed by atoms with Crippen LogP contribution in [-0.4, -0.2) is 35.9 Å². The Balaban J connectivity index is 1.94. The molecule has 2 atom stereocenters.